The Labute approximate surface area is 120 Å². The van der Waals surface area contributed by atoms with E-state index in [1.807, 2.05) is 42.5 Å². The third kappa shape index (κ3) is 3.05. The smallest absolute Gasteiger partial charge is 0.138 e. The Hall–Kier alpha value is -1.03. The zero-order valence-corrected chi connectivity index (χ0v) is 12.0. The molecule has 4 heteroatoms. The van der Waals surface area contributed by atoms with Crippen molar-refractivity contribution in [3.63, 3.8) is 0 Å². The van der Waals surface area contributed by atoms with Crippen molar-refractivity contribution >= 4 is 27.5 Å². The van der Waals surface area contributed by atoms with E-state index in [-0.39, 0.29) is 6.10 Å². The van der Waals surface area contributed by atoms with Gasteiger partial charge in [0.2, 0.25) is 0 Å². The van der Waals surface area contributed by atoms with Crippen molar-refractivity contribution in [1.29, 1.82) is 0 Å². The molecule has 0 spiro atoms. The van der Waals surface area contributed by atoms with Crippen molar-refractivity contribution in [3.8, 4) is 5.75 Å². The van der Waals surface area contributed by atoms with Gasteiger partial charge < -0.3 is 10.5 Å². The van der Waals surface area contributed by atoms with E-state index in [0.29, 0.717) is 17.3 Å². The van der Waals surface area contributed by atoms with Crippen molar-refractivity contribution < 1.29 is 4.74 Å². The highest BCUT2D eigenvalue weighted by Crippen LogP contribution is 2.31. The van der Waals surface area contributed by atoms with E-state index in [0.717, 1.165) is 10.0 Å². The topological polar surface area (TPSA) is 35.2 Å². The maximum Gasteiger partial charge on any atom is 0.138 e. The number of nitrogens with two attached hydrogens (primary N) is 1. The number of halogens is 2. The molecule has 2 aromatic carbocycles. The molecule has 2 aromatic rings. The Morgan fingerprint density at radius 2 is 1.78 bits per heavy atom. The van der Waals surface area contributed by atoms with Gasteiger partial charge in [-0.05, 0) is 18.2 Å². The largest absolute Gasteiger partial charge is 0.483 e. The molecule has 0 heterocycles. The second-order valence-electron chi connectivity index (χ2n) is 3.79. The van der Waals surface area contributed by atoms with Gasteiger partial charge in [-0.1, -0.05) is 57.9 Å². The zero-order chi connectivity index (χ0) is 13.0. The van der Waals surface area contributed by atoms with Crippen molar-refractivity contribution in [3.05, 3.63) is 63.6 Å². The van der Waals surface area contributed by atoms with Crippen LogP contribution in [-0.4, -0.2) is 6.54 Å². The van der Waals surface area contributed by atoms with Crippen LogP contribution < -0.4 is 10.5 Å². The van der Waals surface area contributed by atoms with Gasteiger partial charge in [-0.3, -0.25) is 0 Å². The van der Waals surface area contributed by atoms with Gasteiger partial charge in [0.05, 0.1) is 5.02 Å². The lowest BCUT2D eigenvalue weighted by atomic mass is 10.1. The average molecular weight is 327 g/mol. The minimum Gasteiger partial charge on any atom is -0.483 e. The van der Waals surface area contributed by atoms with Crippen molar-refractivity contribution in [1.82, 2.24) is 0 Å². The fourth-order valence-corrected chi connectivity index (χ4v) is 2.39. The quantitative estimate of drug-likeness (QED) is 0.914. The predicted molar refractivity (Wildman–Crippen MR) is 78.0 cm³/mol. The Morgan fingerprint density at radius 1 is 1.11 bits per heavy atom. The summed E-state index contributed by atoms with van der Waals surface area (Å²) in [7, 11) is 0. The van der Waals surface area contributed by atoms with Crippen LogP contribution in [0.4, 0.5) is 0 Å². The molecule has 1 unspecified atom stereocenters. The third-order valence-electron chi connectivity index (χ3n) is 2.57. The number of hydrogen-bond donors (Lipinski definition) is 1. The van der Waals surface area contributed by atoms with Crippen LogP contribution in [0.25, 0.3) is 0 Å². The van der Waals surface area contributed by atoms with Gasteiger partial charge in [0, 0.05) is 16.6 Å². The van der Waals surface area contributed by atoms with E-state index in [1.54, 1.807) is 6.07 Å². The summed E-state index contributed by atoms with van der Waals surface area (Å²) in [6, 6.07) is 15.2. The third-order valence-corrected chi connectivity index (χ3v) is 3.61. The molecule has 2 N–H and O–H groups in total. The molecule has 0 saturated carbocycles. The van der Waals surface area contributed by atoms with Gasteiger partial charge in [0.25, 0.3) is 0 Å². The Bertz CT molecular complexity index is 533. The summed E-state index contributed by atoms with van der Waals surface area (Å²) in [5.74, 6) is 0.644. The molecule has 2 nitrogen and oxygen atoms in total. The lowest BCUT2D eigenvalue weighted by Gasteiger charge is -2.19. The fourth-order valence-electron chi connectivity index (χ4n) is 1.67. The second kappa shape index (κ2) is 6.23. The molecular weight excluding hydrogens is 314 g/mol. The van der Waals surface area contributed by atoms with Crippen LogP contribution in [0.15, 0.2) is 53.0 Å². The molecule has 94 valence electrons. The van der Waals surface area contributed by atoms with E-state index >= 15 is 0 Å². The Morgan fingerprint density at radius 3 is 2.44 bits per heavy atom. The molecule has 0 saturated heterocycles. The highest BCUT2D eigenvalue weighted by Gasteiger charge is 2.15. The average Bonchev–Trinajstić information content (AvgIpc) is 2.39. The molecule has 0 aliphatic carbocycles. The predicted octanol–water partition coefficient (Wildman–Crippen LogP) is 4.18. The summed E-state index contributed by atoms with van der Waals surface area (Å²) in [6.07, 6.45) is -0.222. The van der Waals surface area contributed by atoms with Gasteiger partial charge in [-0.15, -0.1) is 0 Å². The summed E-state index contributed by atoms with van der Waals surface area (Å²) in [5.41, 5.74) is 6.80. The van der Waals surface area contributed by atoms with Crippen LogP contribution in [0.5, 0.6) is 5.75 Å². The van der Waals surface area contributed by atoms with Crippen molar-refractivity contribution in [2.75, 3.05) is 6.54 Å². The first-order valence-electron chi connectivity index (χ1n) is 5.58. The molecule has 0 aliphatic rings. The first-order valence-corrected chi connectivity index (χ1v) is 6.75. The van der Waals surface area contributed by atoms with Crippen molar-refractivity contribution in [2.24, 2.45) is 5.73 Å². The molecule has 0 fully saturated rings. The van der Waals surface area contributed by atoms with Gasteiger partial charge in [0.15, 0.2) is 0 Å². The molecule has 1 atom stereocenters. The fraction of sp³-hybridized carbons (Fsp3) is 0.143. The number of rotatable bonds is 4. The summed E-state index contributed by atoms with van der Waals surface area (Å²) < 4.78 is 6.85. The molecule has 0 aromatic heterocycles. The van der Waals surface area contributed by atoms with E-state index in [4.69, 9.17) is 22.1 Å². The van der Waals surface area contributed by atoms with Crippen LogP contribution in [0.2, 0.25) is 5.02 Å². The summed E-state index contributed by atoms with van der Waals surface area (Å²) in [6.45, 7) is 0.383. The summed E-state index contributed by atoms with van der Waals surface area (Å²) in [5, 5.41) is 0.586. The molecule has 0 amide bonds. The SMILES string of the molecule is NCC(Oc1ccccc1Cl)c1ccccc1Br. The van der Waals surface area contributed by atoms with Gasteiger partial charge >= 0.3 is 0 Å². The highest BCUT2D eigenvalue weighted by molar-refractivity contribution is 9.10. The van der Waals surface area contributed by atoms with Crippen molar-refractivity contribution in [2.45, 2.75) is 6.10 Å². The highest BCUT2D eigenvalue weighted by atomic mass is 79.9. The molecule has 0 radical (unpaired) electrons. The number of ether oxygens (including phenoxy) is 1. The lowest BCUT2D eigenvalue weighted by Crippen LogP contribution is -2.19. The molecular formula is C14H13BrClNO. The molecule has 0 bridgehead atoms. The van der Waals surface area contributed by atoms with E-state index in [1.165, 1.54) is 0 Å². The van der Waals surface area contributed by atoms with E-state index in [9.17, 15) is 0 Å². The van der Waals surface area contributed by atoms with Crippen LogP contribution in [0, 0.1) is 0 Å². The molecule has 0 aliphatic heterocycles. The lowest BCUT2D eigenvalue weighted by molar-refractivity contribution is 0.213. The standard InChI is InChI=1S/C14H13BrClNO/c15-11-6-2-1-5-10(11)14(9-17)18-13-8-4-3-7-12(13)16/h1-8,14H,9,17H2. The second-order valence-corrected chi connectivity index (χ2v) is 5.06. The number of benzene rings is 2. The van der Waals surface area contributed by atoms with Crippen LogP contribution in [0.3, 0.4) is 0 Å². The van der Waals surface area contributed by atoms with Crippen LogP contribution in [0.1, 0.15) is 11.7 Å². The first kappa shape index (κ1) is 13.4. The summed E-state index contributed by atoms with van der Waals surface area (Å²) in [4.78, 5) is 0. The Balaban J connectivity index is 2.26. The normalized spacial score (nSPS) is 12.2. The maximum atomic E-state index is 6.08. The number of hydrogen-bond acceptors (Lipinski definition) is 2. The van der Waals surface area contributed by atoms with Gasteiger partial charge in [-0.2, -0.15) is 0 Å². The number of para-hydroxylation sites is 1. The van der Waals surface area contributed by atoms with E-state index in [2.05, 4.69) is 15.9 Å². The monoisotopic (exact) mass is 325 g/mol. The zero-order valence-electron chi connectivity index (χ0n) is 9.64. The van der Waals surface area contributed by atoms with Crippen LogP contribution >= 0.6 is 27.5 Å². The maximum absolute atomic E-state index is 6.08. The van der Waals surface area contributed by atoms with Gasteiger partial charge in [0.1, 0.15) is 11.9 Å². The minimum absolute atomic E-state index is 0.222. The van der Waals surface area contributed by atoms with Crippen LogP contribution in [-0.2, 0) is 0 Å². The molecule has 18 heavy (non-hydrogen) atoms. The van der Waals surface area contributed by atoms with E-state index < -0.39 is 0 Å². The molecule has 2 rings (SSSR count). The van der Waals surface area contributed by atoms with Gasteiger partial charge in [-0.25, -0.2) is 0 Å². The Kier molecular flexibility index (Phi) is 4.64. The summed E-state index contributed by atoms with van der Waals surface area (Å²) >= 11 is 9.58. The minimum atomic E-state index is -0.222. The first-order chi connectivity index (χ1) is 8.72.